The monoisotopic (exact) mass is 519 g/mol. The molecule has 3 unspecified atom stereocenters. The van der Waals surface area contributed by atoms with E-state index in [1.54, 1.807) is 14.2 Å². The topological polar surface area (TPSA) is 71.1 Å². The number of nitrogens with one attached hydrogen (secondary N) is 1. The zero-order chi connectivity index (χ0) is 26.6. The van der Waals surface area contributed by atoms with E-state index in [1.807, 2.05) is 31.2 Å². The summed E-state index contributed by atoms with van der Waals surface area (Å²) in [4.78, 5) is 29.3. The Kier molecular flexibility index (Phi) is 8.22. The lowest BCUT2D eigenvalue weighted by Gasteiger charge is -2.39. The molecule has 3 atom stereocenters. The summed E-state index contributed by atoms with van der Waals surface area (Å²) in [5, 5.41) is 2.68. The molecule has 3 aliphatic heterocycles. The Balaban J connectivity index is 1.25. The fourth-order valence-electron chi connectivity index (χ4n) is 6.89. The lowest BCUT2D eigenvalue weighted by atomic mass is 9.85. The summed E-state index contributed by atoms with van der Waals surface area (Å²) in [5.74, 6) is 1.32. The van der Waals surface area contributed by atoms with Gasteiger partial charge in [0.2, 0.25) is 0 Å². The van der Waals surface area contributed by atoms with Crippen molar-refractivity contribution in [2.45, 2.75) is 75.9 Å². The van der Waals surface area contributed by atoms with Crippen LogP contribution < -0.4 is 10.1 Å². The summed E-state index contributed by atoms with van der Waals surface area (Å²) < 4.78 is 11.2. The normalized spacial score (nSPS) is 24.1. The van der Waals surface area contributed by atoms with E-state index >= 15 is 0 Å². The SMILES string of the molecule is CCOC(=O)N1C2CCC(N3CCC(c4cc(-c5ccc(C(=O)NC)cc5)ccc4OC)CC3)CC1CC2. The molecule has 3 fully saturated rings. The number of benzene rings is 2. The van der Waals surface area contributed by atoms with Crippen molar-refractivity contribution in [2.24, 2.45) is 0 Å². The van der Waals surface area contributed by atoms with Crippen molar-refractivity contribution >= 4 is 12.0 Å². The fourth-order valence-corrected chi connectivity index (χ4v) is 6.89. The number of hydrogen-bond acceptors (Lipinski definition) is 5. The van der Waals surface area contributed by atoms with Gasteiger partial charge in [-0.3, -0.25) is 4.79 Å². The molecule has 0 aliphatic carbocycles. The van der Waals surface area contributed by atoms with Gasteiger partial charge in [-0.2, -0.15) is 0 Å². The number of carbonyl (C=O) groups excluding carboxylic acids is 2. The molecule has 2 aromatic carbocycles. The number of amides is 2. The Labute approximate surface area is 226 Å². The van der Waals surface area contributed by atoms with E-state index in [1.165, 1.54) is 5.56 Å². The first-order chi connectivity index (χ1) is 18.5. The number of likely N-dealkylation sites (tertiary alicyclic amines) is 1. The smallest absolute Gasteiger partial charge is 0.410 e. The number of rotatable bonds is 6. The first-order valence-electron chi connectivity index (χ1n) is 14.2. The van der Waals surface area contributed by atoms with Crippen LogP contribution in [0.15, 0.2) is 42.5 Å². The minimum Gasteiger partial charge on any atom is -0.496 e. The maximum Gasteiger partial charge on any atom is 0.410 e. The Bertz CT molecular complexity index is 1130. The molecule has 3 heterocycles. The number of nitrogens with zero attached hydrogens (tertiary/aromatic N) is 2. The highest BCUT2D eigenvalue weighted by molar-refractivity contribution is 5.94. The van der Waals surface area contributed by atoms with Crippen LogP contribution >= 0.6 is 0 Å². The minimum absolute atomic E-state index is 0.0752. The van der Waals surface area contributed by atoms with Crippen molar-refractivity contribution in [3.05, 3.63) is 53.6 Å². The Morgan fingerprint density at radius 3 is 2.21 bits per heavy atom. The number of carbonyl (C=O) groups is 2. The Hall–Kier alpha value is -3.06. The van der Waals surface area contributed by atoms with Crippen LogP contribution in [0.25, 0.3) is 11.1 Å². The summed E-state index contributed by atoms with van der Waals surface area (Å²) in [6, 6.07) is 15.4. The maximum absolute atomic E-state index is 12.6. The van der Waals surface area contributed by atoms with Gasteiger partial charge in [-0.25, -0.2) is 4.79 Å². The standard InChI is InChI=1S/C31H41N3O4/c1-4-38-31(36)34-25-10-12-26(20-27(34)13-11-25)33-17-15-22(16-18-33)28-19-24(9-14-29(28)37-3)21-5-7-23(8-6-21)30(35)32-2/h5-9,14,19,22,25-27H,4,10-13,15-18,20H2,1-3H3,(H,32,35). The summed E-state index contributed by atoms with van der Waals surface area (Å²) in [7, 11) is 3.40. The molecule has 0 aromatic heterocycles. The molecule has 0 spiro atoms. The number of ether oxygens (including phenoxy) is 2. The Morgan fingerprint density at radius 2 is 1.55 bits per heavy atom. The first kappa shape index (κ1) is 26.5. The zero-order valence-electron chi connectivity index (χ0n) is 22.9. The second-order valence-corrected chi connectivity index (χ2v) is 10.9. The van der Waals surface area contributed by atoms with Crippen LogP contribution in [0.5, 0.6) is 5.75 Å². The molecule has 38 heavy (non-hydrogen) atoms. The van der Waals surface area contributed by atoms with E-state index in [2.05, 4.69) is 33.3 Å². The van der Waals surface area contributed by atoms with Crippen LogP contribution in [0.1, 0.15) is 73.7 Å². The second-order valence-electron chi connectivity index (χ2n) is 10.9. The van der Waals surface area contributed by atoms with Gasteiger partial charge in [-0.1, -0.05) is 18.2 Å². The number of hydrogen-bond donors (Lipinski definition) is 1. The fraction of sp³-hybridized carbons (Fsp3) is 0.548. The molecule has 2 amide bonds. The predicted molar refractivity (Wildman–Crippen MR) is 149 cm³/mol. The third-order valence-corrected chi connectivity index (χ3v) is 8.90. The van der Waals surface area contributed by atoms with Crippen molar-refractivity contribution in [2.75, 3.05) is 33.9 Å². The van der Waals surface area contributed by atoms with E-state index in [0.717, 1.165) is 74.9 Å². The van der Waals surface area contributed by atoms with Gasteiger partial charge in [0.05, 0.1) is 13.7 Å². The van der Waals surface area contributed by atoms with Gasteiger partial charge >= 0.3 is 6.09 Å². The second kappa shape index (κ2) is 11.8. The molecule has 204 valence electrons. The van der Waals surface area contributed by atoms with Crippen LogP contribution in [0.4, 0.5) is 4.79 Å². The molecule has 7 heteroatoms. The molecular weight excluding hydrogens is 478 g/mol. The van der Waals surface area contributed by atoms with Crippen LogP contribution in [0.3, 0.4) is 0 Å². The zero-order valence-corrected chi connectivity index (χ0v) is 22.9. The molecule has 0 radical (unpaired) electrons. The van der Waals surface area contributed by atoms with Crippen molar-refractivity contribution < 1.29 is 19.1 Å². The van der Waals surface area contributed by atoms with Gasteiger partial charge in [-0.05, 0) is 112 Å². The number of piperidine rings is 1. The van der Waals surface area contributed by atoms with Crippen LogP contribution in [0.2, 0.25) is 0 Å². The molecule has 3 saturated heterocycles. The highest BCUT2D eigenvalue weighted by Gasteiger charge is 2.43. The highest BCUT2D eigenvalue weighted by atomic mass is 16.6. The Morgan fingerprint density at radius 1 is 0.895 bits per heavy atom. The third kappa shape index (κ3) is 5.39. The molecule has 3 aliphatic rings. The largest absolute Gasteiger partial charge is 0.496 e. The quantitative estimate of drug-likeness (QED) is 0.550. The molecule has 2 bridgehead atoms. The van der Waals surface area contributed by atoms with Crippen LogP contribution in [0, 0.1) is 0 Å². The van der Waals surface area contributed by atoms with Crippen molar-refractivity contribution in [1.29, 1.82) is 0 Å². The summed E-state index contributed by atoms with van der Waals surface area (Å²) >= 11 is 0. The molecule has 1 N–H and O–H groups in total. The number of fused-ring (bicyclic) bond motifs is 2. The average Bonchev–Trinajstić information content (AvgIpc) is 3.26. The highest BCUT2D eigenvalue weighted by Crippen LogP contribution is 2.40. The lowest BCUT2D eigenvalue weighted by molar-refractivity contribution is 0.0844. The van der Waals surface area contributed by atoms with Crippen LogP contribution in [-0.4, -0.2) is 73.8 Å². The van der Waals surface area contributed by atoms with Crippen molar-refractivity contribution in [3.63, 3.8) is 0 Å². The molecule has 2 aromatic rings. The van der Waals surface area contributed by atoms with Crippen molar-refractivity contribution in [1.82, 2.24) is 15.1 Å². The summed E-state index contributed by atoms with van der Waals surface area (Å²) in [6.07, 6.45) is 7.59. The summed E-state index contributed by atoms with van der Waals surface area (Å²) in [5.41, 5.74) is 4.17. The third-order valence-electron chi connectivity index (χ3n) is 8.90. The van der Waals surface area contributed by atoms with Crippen LogP contribution in [-0.2, 0) is 4.74 Å². The first-order valence-corrected chi connectivity index (χ1v) is 14.2. The van der Waals surface area contributed by atoms with E-state index in [-0.39, 0.29) is 12.0 Å². The van der Waals surface area contributed by atoms with Gasteiger partial charge in [0.15, 0.2) is 0 Å². The molecule has 7 nitrogen and oxygen atoms in total. The maximum atomic E-state index is 12.6. The van der Waals surface area contributed by atoms with Gasteiger partial charge < -0.3 is 24.6 Å². The molecule has 0 saturated carbocycles. The van der Waals surface area contributed by atoms with E-state index in [4.69, 9.17) is 9.47 Å². The number of methoxy groups -OCH3 is 1. The predicted octanol–water partition coefficient (Wildman–Crippen LogP) is 5.44. The molecule has 5 rings (SSSR count). The average molecular weight is 520 g/mol. The van der Waals surface area contributed by atoms with E-state index in [0.29, 0.717) is 36.2 Å². The molecular formula is C31H41N3O4. The minimum atomic E-state index is -0.116. The van der Waals surface area contributed by atoms with E-state index in [9.17, 15) is 9.59 Å². The van der Waals surface area contributed by atoms with Gasteiger partial charge in [-0.15, -0.1) is 0 Å². The van der Waals surface area contributed by atoms with Gasteiger partial charge in [0.25, 0.3) is 5.91 Å². The van der Waals surface area contributed by atoms with Gasteiger partial charge in [0, 0.05) is 30.7 Å². The lowest BCUT2D eigenvalue weighted by Crippen LogP contribution is -2.44. The van der Waals surface area contributed by atoms with Gasteiger partial charge in [0.1, 0.15) is 5.75 Å². The van der Waals surface area contributed by atoms with Crippen molar-refractivity contribution in [3.8, 4) is 16.9 Å². The summed E-state index contributed by atoms with van der Waals surface area (Å²) in [6.45, 7) is 4.47. The van der Waals surface area contributed by atoms with E-state index < -0.39 is 0 Å².